The van der Waals surface area contributed by atoms with Gasteiger partial charge in [0.2, 0.25) is 0 Å². The fraction of sp³-hybridized carbons (Fsp3) is 0.571. The fourth-order valence-corrected chi connectivity index (χ4v) is 4.00. The summed E-state index contributed by atoms with van der Waals surface area (Å²) in [4.78, 5) is 27.6. The molecule has 2 rings (SSSR count). The van der Waals surface area contributed by atoms with Crippen LogP contribution < -0.4 is 4.90 Å². The zero-order valence-electron chi connectivity index (χ0n) is 17.6. The number of anilines is 1. The second-order valence-corrected chi connectivity index (χ2v) is 7.60. The number of ether oxygens (including phenoxy) is 2. The largest absolute Gasteiger partial charge is 0.466 e. The van der Waals surface area contributed by atoms with Crippen molar-refractivity contribution in [3.8, 4) is 0 Å². The molecule has 160 valence electrons. The van der Waals surface area contributed by atoms with Crippen molar-refractivity contribution in [2.75, 3.05) is 32.2 Å². The highest BCUT2D eigenvalue weighted by Gasteiger charge is 2.56. The normalized spacial score (nSPS) is 28.1. The van der Waals surface area contributed by atoms with E-state index in [-0.39, 0.29) is 25.3 Å². The average molecular weight is 406 g/mol. The fourth-order valence-electron chi connectivity index (χ4n) is 4.00. The highest BCUT2D eigenvalue weighted by atomic mass is 16.5. The van der Waals surface area contributed by atoms with Crippen LogP contribution in [0.4, 0.5) is 5.69 Å². The molecule has 0 unspecified atom stereocenters. The maximum atomic E-state index is 12.8. The van der Waals surface area contributed by atoms with E-state index in [0.29, 0.717) is 5.56 Å². The van der Waals surface area contributed by atoms with Crippen molar-refractivity contribution in [1.82, 2.24) is 0 Å². The summed E-state index contributed by atoms with van der Waals surface area (Å²) in [6.07, 6.45) is -0.150. The number of benzene rings is 1. The van der Waals surface area contributed by atoms with E-state index >= 15 is 0 Å². The molecule has 0 bridgehead atoms. The van der Waals surface area contributed by atoms with Gasteiger partial charge in [-0.25, -0.2) is 0 Å². The number of nitrogens with zero attached hydrogens (tertiary/aromatic N) is 2. The summed E-state index contributed by atoms with van der Waals surface area (Å²) < 4.78 is 10.4. The zero-order valence-corrected chi connectivity index (χ0v) is 17.6. The molecule has 0 saturated heterocycles. The Balaban J connectivity index is 2.65. The molecule has 1 aromatic rings. The molecule has 8 heteroatoms. The number of hydrogen-bond acceptors (Lipinski definition) is 8. The van der Waals surface area contributed by atoms with Crippen molar-refractivity contribution in [2.45, 2.75) is 38.7 Å². The van der Waals surface area contributed by atoms with Crippen molar-refractivity contribution >= 4 is 23.3 Å². The van der Waals surface area contributed by atoms with Gasteiger partial charge in [0.1, 0.15) is 5.92 Å². The Labute approximate surface area is 171 Å². The van der Waals surface area contributed by atoms with Crippen molar-refractivity contribution in [3.05, 3.63) is 29.8 Å². The number of hydrogen-bond donors (Lipinski definition) is 2. The van der Waals surface area contributed by atoms with Crippen LogP contribution in [0.5, 0.6) is 0 Å². The second-order valence-electron chi connectivity index (χ2n) is 7.60. The molecule has 8 nitrogen and oxygen atoms in total. The average Bonchev–Trinajstić information content (AvgIpc) is 2.66. The summed E-state index contributed by atoms with van der Waals surface area (Å²) in [5, 5.41) is 23.9. The maximum Gasteiger partial charge on any atom is 0.315 e. The Morgan fingerprint density at radius 2 is 1.69 bits per heavy atom. The molecule has 4 atom stereocenters. The number of carbonyl (C=O) groups excluding carboxylic acids is 2. The van der Waals surface area contributed by atoms with E-state index in [1.54, 1.807) is 26.0 Å². The third-order valence-electron chi connectivity index (χ3n) is 5.29. The monoisotopic (exact) mass is 406 g/mol. The van der Waals surface area contributed by atoms with E-state index in [2.05, 4.69) is 5.16 Å². The van der Waals surface area contributed by atoms with E-state index in [1.165, 1.54) is 6.92 Å². The Morgan fingerprint density at radius 3 is 2.17 bits per heavy atom. The second kappa shape index (κ2) is 9.26. The van der Waals surface area contributed by atoms with Gasteiger partial charge >= 0.3 is 11.9 Å². The van der Waals surface area contributed by atoms with E-state index in [0.717, 1.165) is 5.69 Å². The Kier molecular flexibility index (Phi) is 7.24. The molecule has 0 radical (unpaired) electrons. The third kappa shape index (κ3) is 4.70. The molecule has 1 fully saturated rings. The summed E-state index contributed by atoms with van der Waals surface area (Å²) >= 11 is 0. The van der Waals surface area contributed by atoms with Crippen molar-refractivity contribution in [2.24, 2.45) is 17.0 Å². The van der Waals surface area contributed by atoms with Crippen molar-refractivity contribution < 1.29 is 29.4 Å². The van der Waals surface area contributed by atoms with Crippen LogP contribution in [-0.4, -0.2) is 60.9 Å². The van der Waals surface area contributed by atoms with E-state index in [1.807, 2.05) is 31.1 Å². The topological polar surface area (TPSA) is 109 Å². The van der Waals surface area contributed by atoms with Gasteiger partial charge in [0.25, 0.3) is 0 Å². The molecular weight excluding hydrogens is 376 g/mol. The standard InChI is InChI=1S/C21H30N2O6/c1-6-28-19(24)17-15(22-27)12-21(3,26)18(20(25)29-7-2)16(17)13-8-10-14(11-9-13)23(4)5/h8-11,16-18,26-27H,6-7,12H2,1-5H3/b22-15+/t16-,17-,18+,21+/m1/s1. The summed E-state index contributed by atoms with van der Waals surface area (Å²) in [7, 11) is 3.81. The van der Waals surface area contributed by atoms with Crippen molar-refractivity contribution in [1.29, 1.82) is 0 Å². The lowest BCUT2D eigenvalue weighted by Gasteiger charge is -2.44. The van der Waals surface area contributed by atoms with Crippen molar-refractivity contribution in [3.63, 3.8) is 0 Å². The number of oxime groups is 1. The Morgan fingerprint density at radius 1 is 1.14 bits per heavy atom. The predicted molar refractivity (Wildman–Crippen MR) is 108 cm³/mol. The van der Waals surface area contributed by atoms with Crippen LogP contribution in [0.1, 0.15) is 38.7 Å². The quantitative estimate of drug-likeness (QED) is 0.423. The molecular formula is C21H30N2O6. The lowest BCUT2D eigenvalue weighted by molar-refractivity contribution is -0.163. The minimum atomic E-state index is -1.57. The van der Waals surface area contributed by atoms with Gasteiger partial charge in [0.05, 0.1) is 30.4 Å². The SMILES string of the molecule is CCOC(=O)[C@@H]1/C(=N/O)C[C@](C)(O)[C@H](C(=O)OCC)[C@@H]1c1ccc(N(C)C)cc1. The molecule has 0 spiro atoms. The predicted octanol–water partition coefficient (Wildman–Crippen LogP) is 2.18. The first-order chi connectivity index (χ1) is 13.7. The summed E-state index contributed by atoms with van der Waals surface area (Å²) in [6.45, 7) is 5.13. The molecule has 1 aliphatic rings. The molecule has 0 amide bonds. The lowest BCUT2D eigenvalue weighted by Crippen LogP contribution is -2.55. The highest BCUT2D eigenvalue weighted by Crippen LogP contribution is 2.47. The van der Waals surface area contributed by atoms with Crippen LogP contribution >= 0.6 is 0 Å². The van der Waals surface area contributed by atoms with E-state index in [9.17, 15) is 19.9 Å². The molecule has 0 heterocycles. The summed E-state index contributed by atoms with van der Waals surface area (Å²) in [6, 6.07) is 7.32. The number of rotatable bonds is 6. The van der Waals surface area contributed by atoms with Gasteiger partial charge in [0.15, 0.2) is 0 Å². The number of aliphatic hydroxyl groups is 1. The van der Waals surface area contributed by atoms with Gasteiger partial charge < -0.3 is 24.7 Å². The maximum absolute atomic E-state index is 12.8. The first-order valence-corrected chi connectivity index (χ1v) is 9.71. The molecule has 0 aliphatic heterocycles. The Bertz CT molecular complexity index is 757. The molecule has 1 aliphatic carbocycles. The summed E-state index contributed by atoms with van der Waals surface area (Å²) in [5.74, 6) is -4.07. The minimum Gasteiger partial charge on any atom is -0.466 e. The van der Waals surface area contributed by atoms with Gasteiger partial charge in [-0.2, -0.15) is 0 Å². The Hall–Kier alpha value is -2.61. The first kappa shape index (κ1) is 22.7. The van der Waals surface area contributed by atoms with Crippen LogP contribution in [0.2, 0.25) is 0 Å². The van der Waals surface area contributed by atoms with Crippen LogP contribution in [0, 0.1) is 11.8 Å². The van der Waals surface area contributed by atoms with Crippen LogP contribution in [-0.2, 0) is 19.1 Å². The van der Waals surface area contributed by atoms with E-state index < -0.39 is 35.3 Å². The van der Waals surface area contributed by atoms with Crippen LogP contribution in [0.25, 0.3) is 0 Å². The third-order valence-corrected chi connectivity index (χ3v) is 5.29. The van der Waals surface area contributed by atoms with Gasteiger partial charge in [-0.05, 0) is 38.5 Å². The van der Waals surface area contributed by atoms with Gasteiger partial charge in [-0.3, -0.25) is 9.59 Å². The number of carbonyl (C=O) groups is 2. The number of esters is 2. The van der Waals surface area contributed by atoms with Gasteiger partial charge in [-0.1, -0.05) is 17.3 Å². The highest BCUT2D eigenvalue weighted by molar-refractivity contribution is 6.05. The molecule has 1 aromatic carbocycles. The molecule has 2 N–H and O–H groups in total. The van der Waals surface area contributed by atoms with Gasteiger partial charge in [-0.15, -0.1) is 0 Å². The first-order valence-electron chi connectivity index (χ1n) is 9.71. The van der Waals surface area contributed by atoms with Gasteiger partial charge in [0, 0.05) is 32.1 Å². The lowest BCUT2D eigenvalue weighted by atomic mass is 9.61. The van der Waals surface area contributed by atoms with Crippen LogP contribution in [0.3, 0.4) is 0 Å². The van der Waals surface area contributed by atoms with E-state index in [4.69, 9.17) is 9.47 Å². The van der Waals surface area contributed by atoms with Crippen LogP contribution in [0.15, 0.2) is 29.4 Å². The smallest absolute Gasteiger partial charge is 0.315 e. The minimum absolute atomic E-state index is 0.0793. The molecule has 1 saturated carbocycles. The summed E-state index contributed by atoms with van der Waals surface area (Å²) in [5.41, 5.74) is 0.0954. The zero-order chi connectivity index (χ0) is 21.8. The molecule has 29 heavy (non-hydrogen) atoms. The molecule has 0 aromatic heterocycles.